The number of nitrogens with zero attached hydrogens (tertiary/aromatic N) is 1. The largest absolute Gasteiger partial charge is 0.493 e. The van der Waals surface area contributed by atoms with Gasteiger partial charge in [-0.2, -0.15) is 0 Å². The second-order valence-corrected chi connectivity index (χ2v) is 9.69. The number of hydrogen-bond donors (Lipinski definition) is 1. The zero-order valence-electron chi connectivity index (χ0n) is 23.8. The molecule has 0 heterocycles. The maximum atomic E-state index is 13.8. The molecule has 218 valence electrons. The lowest BCUT2D eigenvalue weighted by atomic mass is 10.0. The number of carbonyl (C=O) groups excluding carboxylic acids is 2. The lowest BCUT2D eigenvalue weighted by Crippen LogP contribution is -2.52. The molecule has 1 unspecified atom stereocenters. The van der Waals surface area contributed by atoms with E-state index >= 15 is 0 Å². The molecule has 0 fully saturated rings. The molecule has 4 aromatic rings. The molecular formula is C34H35FN2O5. The number of benzene rings is 4. The smallest absolute Gasteiger partial charge is 0.261 e. The van der Waals surface area contributed by atoms with Crippen LogP contribution in [0.5, 0.6) is 17.2 Å². The molecule has 1 N–H and O–H groups in total. The van der Waals surface area contributed by atoms with Crippen LogP contribution in [-0.4, -0.2) is 50.1 Å². The first kappa shape index (κ1) is 30.1. The normalized spacial score (nSPS) is 11.3. The van der Waals surface area contributed by atoms with Crippen LogP contribution in [0.1, 0.15) is 16.7 Å². The molecule has 8 heteroatoms. The zero-order valence-corrected chi connectivity index (χ0v) is 23.8. The quantitative estimate of drug-likeness (QED) is 0.225. The van der Waals surface area contributed by atoms with Crippen molar-refractivity contribution < 1.29 is 28.2 Å². The molecule has 0 aliphatic carbocycles. The van der Waals surface area contributed by atoms with Crippen LogP contribution in [0.4, 0.5) is 4.39 Å². The predicted octanol–water partition coefficient (Wildman–Crippen LogP) is 5.22. The molecule has 0 saturated heterocycles. The molecule has 0 bridgehead atoms. The molecule has 4 aromatic carbocycles. The summed E-state index contributed by atoms with van der Waals surface area (Å²) in [5.41, 5.74) is 2.56. The van der Waals surface area contributed by atoms with E-state index in [0.717, 1.165) is 11.1 Å². The van der Waals surface area contributed by atoms with Crippen molar-refractivity contribution in [2.24, 2.45) is 0 Å². The average molecular weight is 571 g/mol. The number of methoxy groups -OCH3 is 2. The standard InChI is InChI=1S/C34H35FN2O5/c1-40-31-18-15-26(22-32(31)41-2)19-20-36-34(39)30(21-25-9-5-3-6-10-25)37(23-27-13-16-28(35)17-14-27)33(38)24-42-29-11-7-4-8-12-29/h3-18,22,30H,19-21,23-24H2,1-2H3,(H,36,39). The number of nitrogens with one attached hydrogen (secondary N) is 1. The monoisotopic (exact) mass is 570 g/mol. The summed E-state index contributed by atoms with van der Waals surface area (Å²) in [4.78, 5) is 29.0. The van der Waals surface area contributed by atoms with E-state index in [1.54, 1.807) is 38.5 Å². The Morgan fingerprint density at radius 1 is 0.786 bits per heavy atom. The third kappa shape index (κ3) is 8.57. The van der Waals surface area contributed by atoms with E-state index in [1.807, 2.05) is 66.7 Å². The van der Waals surface area contributed by atoms with Crippen molar-refractivity contribution in [3.05, 3.63) is 126 Å². The van der Waals surface area contributed by atoms with Crippen LogP contribution in [0.3, 0.4) is 0 Å². The van der Waals surface area contributed by atoms with E-state index in [0.29, 0.717) is 42.2 Å². The first-order valence-corrected chi connectivity index (χ1v) is 13.7. The lowest BCUT2D eigenvalue weighted by molar-refractivity contribution is -0.142. The minimum absolute atomic E-state index is 0.109. The summed E-state index contributed by atoms with van der Waals surface area (Å²) in [6.07, 6.45) is 0.842. The van der Waals surface area contributed by atoms with Crippen molar-refractivity contribution in [3.8, 4) is 17.2 Å². The molecule has 4 rings (SSSR count). The summed E-state index contributed by atoms with van der Waals surface area (Å²) in [5, 5.41) is 3.02. The van der Waals surface area contributed by atoms with Crippen LogP contribution in [-0.2, 0) is 29.0 Å². The second kappa shape index (κ2) is 15.2. The van der Waals surface area contributed by atoms with Crippen LogP contribution in [0.25, 0.3) is 0 Å². The van der Waals surface area contributed by atoms with Crippen molar-refractivity contribution in [3.63, 3.8) is 0 Å². The molecule has 0 aliphatic rings. The Bertz CT molecular complexity index is 1430. The van der Waals surface area contributed by atoms with Gasteiger partial charge in [0.2, 0.25) is 5.91 Å². The Kier molecular flexibility index (Phi) is 10.9. The van der Waals surface area contributed by atoms with Crippen molar-refractivity contribution in [2.75, 3.05) is 27.4 Å². The van der Waals surface area contributed by atoms with Gasteiger partial charge in [-0.05, 0) is 59.5 Å². The zero-order chi connectivity index (χ0) is 29.7. The number of carbonyl (C=O) groups is 2. The highest BCUT2D eigenvalue weighted by molar-refractivity contribution is 5.88. The molecule has 0 radical (unpaired) electrons. The highest BCUT2D eigenvalue weighted by atomic mass is 19.1. The predicted molar refractivity (Wildman–Crippen MR) is 159 cm³/mol. The van der Waals surface area contributed by atoms with E-state index in [4.69, 9.17) is 14.2 Å². The van der Waals surface area contributed by atoms with Gasteiger partial charge in [0.05, 0.1) is 14.2 Å². The minimum atomic E-state index is -0.838. The summed E-state index contributed by atoms with van der Waals surface area (Å²) >= 11 is 0. The first-order chi connectivity index (χ1) is 20.5. The van der Waals surface area contributed by atoms with E-state index in [1.165, 1.54) is 17.0 Å². The van der Waals surface area contributed by atoms with Crippen LogP contribution in [0, 0.1) is 5.82 Å². The Balaban J connectivity index is 1.55. The highest BCUT2D eigenvalue weighted by Crippen LogP contribution is 2.27. The van der Waals surface area contributed by atoms with Gasteiger partial charge >= 0.3 is 0 Å². The molecule has 0 spiro atoms. The molecule has 2 amide bonds. The van der Waals surface area contributed by atoms with E-state index in [2.05, 4.69) is 5.32 Å². The second-order valence-electron chi connectivity index (χ2n) is 9.69. The van der Waals surface area contributed by atoms with Crippen molar-refractivity contribution >= 4 is 11.8 Å². The maximum Gasteiger partial charge on any atom is 0.261 e. The third-order valence-corrected chi connectivity index (χ3v) is 6.80. The lowest BCUT2D eigenvalue weighted by Gasteiger charge is -2.31. The SMILES string of the molecule is COc1ccc(CCNC(=O)C(Cc2ccccc2)N(Cc2ccc(F)cc2)C(=O)COc2ccccc2)cc1OC. The summed E-state index contributed by atoms with van der Waals surface area (Å²) in [6, 6.07) is 29.2. The fourth-order valence-corrected chi connectivity index (χ4v) is 4.57. The number of halogens is 1. The third-order valence-electron chi connectivity index (χ3n) is 6.80. The van der Waals surface area contributed by atoms with Crippen LogP contribution in [0.2, 0.25) is 0 Å². The first-order valence-electron chi connectivity index (χ1n) is 13.7. The van der Waals surface area contributed by atoms with Crippen molar-refractivity contribution in [1.29, 1.82) is 0 Å². The molecule has 0 saturated carbocycles. The van der Waals surface area contributed by atoms with Gasteiger partial charge in [-0.1, -0.05) is 66.7 Å². The molecule has 0 aromatic heterocycles. The summed E-state index contributed by atoms with van der Waals surface area (Å²) in [6.45, 7) is 0.200. The van der Waals surface area contributed by atoms with Crippen molar-refractivity contribution in [2.45, 2.75) is 25.4 Å². The van der Waals surface area contributed by atoms with Crippen LogP contribution < -0.4 is 19.5 Å². The Morgan fingerprint density at radius 3 is 2.10 bits per heavy atom. The molecule has 42 heavy (non-hydrogen) atoms. The van der Waals surface area contributed by atoms with Crippen LogP contribution >= 0.6 is 0 Å². The van der Waals surface area contributed by atoms with Gasteiger partial charge in [0.1, 0.15) is 17.6 Å². The van der Waals surface area contributed by atoms with Crippen LogP contribution in [0.15, 0.2) is 103 Å². The number of rotatable bonds is 14. The fourth-order valence-electron chi connectivity index (χ4n) is 4.57. The number of para-hydroxylation sites is 1. The fraction of sp³-hybridized carbons (Fsp3) is 0.235. The Hall–Kier alpha value is -4.85. The van der Waals surface area contributed by atoms with Gasteiger partial charge in [-0.3, -0.25) is 9.59 Å². The van der Waals surface area contributed by atoms with Crippen molar-refractivity contribution in [1.82, 2.24) is 10.2 Å². The minimum Gasteiger partial charge on any atom is -0.493 e. The summed E-state index contributed by atoms with van der Waals surface area (Å²) in [5.74, 6) is 0.747. The van der Waals surface area contributed by atoms with Gasteiger partial charge in [0.15, 0.2) is 18.1 Å². The van der Waals surface area contributed by atoms with Gasteiger partial charge in [0, 0.05) is 19.5 Å². The number of amides is 2. The van der Waals surface area contributed by atoms with Gasteiger partial charge in [-0.15, -0.1) is 0 Å². The van der Waals surface area contributed by atoms with Gasteiger partial charge in [0.25, 0.3) is 5.91 Å². The molecule has 1 atom stereocenters. The Morgan fingerprint density at radius 2 is 1.43 bits per heavy atom. The summed E-state index contributed by atoms with van der Waals surface area (Å²) in [7, 11) is 3.15. The summed E-state index contributed by atoms with van der Waals surface area (Å²) < 4.78 is 30.1. The maximum absolute atomic E-state index is 13.8. The average Bonchev–Trinajstić information content (AvgIpc) is 3.03. The van der Waals surface area contributed by atoms with E-state index < -0.39 is 6.04 Å². The van der Waals surface area contributed by atoms with E-state index in [-0.39, 0.29) is 30.8 Å². The number of ether oxygens (including phenoxy) is 3. The van der Waals surface area contributed by atoms with Gasteiger partial charge in [-0.25, -0.2) is 4.39 Å². The molecular weight excluding hydrogens is 535 g/mol. The molecule has 7 nitrogen and oxygen atoms in total. The topological polar surface area (TPSA) is 77.1 Å². The van der Waals surface area contributed by atoms with E-state index in [9.17, 15) is 14.0 Å². The van der Waals surface area contributed by atoms with Gasteiger partial charge < -0.3 is 24.4 Å². The Labute approximate surface area is 245 Å². The number of hydrogen-bond acceptors (Lipinski definition) is 5. The molecule has 0 aliphatic heterocycles. The highest BCUT2D eigenvalue weighted by Gasteiger charge is 2.30.